The van der Waals surface area contributed by atoms with Crippen LogP contribution in [0.1, 0.15) is 29.2 Å². The Bertz CT molecular complexity index is 1300. The van der Waals surface area contributed by atoms with Gasteiger partial charge in [0.05, 0.1) is 12.1 Å². The van der Waals surface area contributed by atoms with E-state index in [0.717, 1.165) is 17.5 Å². The van der Waals surface area contributed by atoms with Crippen molar-refractivity contribution in [2.75, 3.05) is 11.9 Å². The Labute approximate surface area is 197 Å². The van der Waals surface area contributed by atoms with Crippen LogP contribution in [0, 0.1) is 0 Å². The number of hydrogen-bond acceptors (Lipinski definition) is 5. The van der Waals surface area contributed by atoms with Crippen molar-refractivity contribution in [3.63, 3.8) is 0 Å². The number of rotatable bonds is 5. The van der Waals surface area contributed by atoms with Gasteiger partial charge in [-0.25, -0.2) is 0 Å². The molecule has 3 aromatic rings. The van der Waals surface area contributed by atoms with Gasteiger partial charge in [0.25, 0.3) is 11.8 Å². The number of anilines is 1. The fourth-order valence-corrected chi connectivity index (χ4v) is 4.54. The fourth-order valence-electron chi connectivity index (χ4n) is 4.54. The van der Waals surface area contributed by atoms with Gasteiger partial charge in [-0.3, -0.25) is 24.3 Å². The molecular weight excluding hydrogens is 428 g/mol. The number of amides is 3. The highest BCUT2D eigenvalue weighted by atomic mass is 16.2. The van der Waals surface area contributed by atoms with Crippen molar-refractivity contribution in [1.29, 1.82) is 0 Å². The molecule has 1 N–H and O–H groups in total. The molecule has 3 amide bonds. The van der Waals surface area contributed by atoms with E-state index >= 15 is 0 Å². The molecular formula is C27H24N4O3. The SMILES string of the molecule is CC(=O)Nc1ccc(C2=C(N3CCc4ccccc4C3)C(=O)N(Cc3cccnc3)C2=O)cc1. The molecule has 0 atom stereocenters. The molecule has 1 aromatic heterocycles. The van der Waals surface area contributed by atoms with E-state index in [2.05, 4.69) is 22.4 Å². The minimum Gasteiger partial charge on any atom is -0.362 e. The van der Waals surface area contributed by atoms with E-state index in [9.17, 15) is 14.4 Å². The first-order valence-electron chi connectivity index (χ1n) is 11.2. The molecule has 7 nitrogen and oxygen atoms in total. The minimum absolute atomic E-state index is 0.160. The molecule has 2 aliphatic heterocycles. The van der Waals surface area contributed by atoms with E-state index in [4.69, 9.17) is 0 Å². The second-order valence-electron chi connectivity index (χ2n) is 8.48. The summed E-state index contributed by atoms with van der Waals surface area (Å²) in [4.78, 5) is 46.1. The average molecular weight is 453 g/mol. The lowest BCUT2D eigenvalue weighted by atomic mass is 9.97. The number of nitrogens with zero attached hydrogens (tertiary/aromatic N) is 3. The third-order valence-electron chi connectivity index (χ3n) is 6.15. The molecule has 0 aliphatic carbocycles. The lowest BCUT2D eigenvalue weighted by molar-refractivity contribution is -0.138. The van der Waals surface area contributed by atoms with E-state index in [1.165, 1.54) is 17.4 Å². The zero-order chi connectivity index (χ0) is 23.7. The number of fused-ring (bicyclic) bond motifs is 1. The molecule has 0 unspecified atom stereocenters. The zero-order valence-electron chi connectivity index (χ0n) is 18.8. The van der Waals surface area contributed by atoms with E-state index in [1.807, 2.05) is 23.1 Å². The first-order chi connectivity index (χ1) is 16.5. The summed E-state index contributed by atoms with van der Waals surface area (Å²) >= 11 is 0. The Morgan fingerprint density at radius 2 is 1.74 bits per heavy atom. The summed E-state index contributed by atoms with van der Waals surface area (Å²) in [5.41, 5.74) is 5.31. The predicted octanol–water partition coefficient (Wildman–Crippen LogP) is 3.38. The van der Waals surface area contributed by atoms with Gasteiger partial charge in [-0.1, -0.05) is 42.5 Å². The summed E-state index contributed by atoms with van der Waals surface area (Å²) in [6, 6.07) is 18.9. The van der Waals surface area contributed by atoms with Gasteiger partial charge >= 0.3 is 0 Å². The van der Waals surface area contributed by atoms with Crippen LogP contribution in [-0.4, -0.2) is 39.1 Å². The number of benzene rings is 2. The van der Waals surface area contributed by atoms with Gasteiger partial charge in [0.15, 0.2) is 0 Å². The standard InChI is InChI=1S/C27H24N4O3/c1-18(32)29-23-10-8-21(9-11-23)24-25(30-14-12-20-6-2-3-7-22(20)17-30)27(34)31(26(24)33)16-19-5-4-13-28-15-19/h2-11,13,15H,12,14,16-17H2,1H3,(H,29,32). The summed E-state index contributed by atoms with van der Waals surface area (Å²) in [5, 5.41) is 2.73. The Balaban J connectivity index is 1.54. The van der Waals surface area contributed by atoms with Crippen LogP contribution in [0.4, 0.5) is 5.69 Å². The predicted molar refractivity (Wildman–Crippen MR) is 128 cm³/mol. The highest BCUT2D eigenvalue weighted by Crippen LogP contribution is 2.35. The summed E-state index contributed by atoms with van der Waals surface area (Å²) in [6.45, 7) is 2.82. The zero-order valence-corrected chi connectivity index (χ0v) is 18.8. The summed E-state index contributed by atoms with van der Waals surface area (Å²) < 4.78 is 0. The number of aromatic nitrogens is 1. The van der Waals surface area contributed by atoms with Crippen LogP contribution >= 0.6 is 0 Å². The Kier molecular flexibility index (Phi) is 5.67. The van der Waals surface area contributed by atoms with Crippen molar-refractivity contribution >= 4 is 29.0 Å². The number of nitrogens with one attached hydrogen (secondary N) is 1. The lowest BCUT2D eigenvalue weighted by Crippen LogP contribution is -2.37. The third-order valence-corrected chi connectivity index (χ3v) is 6.15. The van der Waals surface area contributed by atoms with Crippen molar-refractivity contribution in [3.8, 4) is 0 Å². The number of imide groups is 1. The number of carbonyl (C=O) groups excluding carboxylic acids is 3. The molecule has 0 saturated heterocycles. The Hall–Kier alpha value is -4.26. The molecule has 0 saturated carbocycles. The van der Waals surface area contributed by atoms with Crippen molar-refractivity contribution in [2.24, 2.45) is 0 Å². The number of pyridine rings is 1. The van der Waals surface area contributed by atoms with Crippen molar-refractivity contribution in [3.05, 3.63) is 101 Å². The smallest absolute Gasteiger partial charge is 0.278 e. The maximum atomic E-state index is 13.7. The highest BCUT2D eigenvalue weighted by molar-refractivity contribution is 6.35. The van der Waals surface area contributed by atoms with Crippen LogP contribution in [0.2, 0.25) is 0 Å². The molecule has 5 rings (SSSR count). The minimum atomic E-state index is -0.324. The van der Waals surface area contributed by atoms with Crippen molar-refractivity contribution < 1.29 is 14.4 Å². The largest absolute Gasteiger partial charge is 0.362 e. The van der Waals surface area contributed by atoms with Crippen LogP contribution in [0.3, 0.4) is 0 Å². The van der Waals surface area contributed by atoms with Crippen LogP contribution in [0.25, 0.3) is 5.57 Å². The molecule has 0 bridgehead atoms. The monoisotopic (exact) mass is 452 g/mol. The van der Waals surface area contributed by atoms with Gasteiger partial charge in [-0.05, 0) is 46.9 Å². The van der Waals surface area contributed by atoms with E-state index in [1.54, 1.807) is 42.7 Å². The van der Waals surface area contributed by atoms with E-state index in [-0.39, 0.29) is 24.3 Å². The maximum Gasteiger partial charge on any atom is 0.278 e. The molecule has 0 spiro atoms. The van der Waals surface area contributed by atoms with Gasteiger partial charge in [0.1, 0.15) is 5.70 Å². The molecule has 2 aliphatic rings. The van der Waals surface area contributed by atoms with Gasteiger partial charge in [0.2, 0.25) is 5.91 Å². The van der Waals surface area contributed by atoms with E-state index < -0.39 is 0 Å². The second-order valence-corrected chi connectivity index (χ2v) is 8.48. The topological polar surface area (TPSA) is 82.6 Å². The van der Waals surface area contributed by atoms with Crippen LogP contribution in [-0.2, 0) is 33.9 Å². The molecule has 0 radical (unpaired) electrons. The molecule has 2 aromatic carbocycles. The normalized spacial score (nSPS) is 15.6. The maximum absolute atomic E-state index is 13.7. The number of carbonyl (C=O) groups is 3. The summed E-state index contributed by atoms with van der Waals surface area (Å²) in [7, 11) is 0. The van der Waals surface area contributed by atoms with Crippen LogP contribution < -0.4 is 5.32 Å². The quantitative estimate of drug-likeness (QED) is 0.600. The van der Waals surface area contributed by atoms with Gasteiger partial charge in [-0.2, -0.15) is 0 Å². The molecule has 0 fully saturated rings. The lowest BCUT2D eigenvalue weighted by Gasteiger charge is -2.31. The molecule has 3 heterocycles. The molecule has 170 valence electrons. The van der Waals surface area contributed by atoms with Gasteiger partial charge in [0, 0.05) is 38.1 Å². The summed E-state index contributed by atoms with van der Waals surface area (Å²) in [6.07, 6.45) is 4.13. The Morgan fingerprint density at radius 1 is 0.971 bits per heavy atom. The van der Waals surface area contributed by atoms with Crippen LogP contribution in [0.5, 0.6) is 0 Å². The summed E-state index contributed by atoms with van der Waals surface area (Å²) in [5.74, 6) is -0.793. The second kappa shape index (κ2) is 8.94. The number of hydrogen-bond donors (Lipinski definition) is 1. The first-order valence-corrected chi connectivity index (χ1v) is 11.2. The first kappa shape index (κ1) is 21.6. The van der Waals surface area contributed by atoms with Crippen LogP contribution in [0.15, 0.2) is 78.8 Å². The molecule has 34 heavy (non-hydrogen) atoms. The van der Waals surface area contributed by atoms with E-state index in [0.29, 0.717) is 35.6 Å². The van der Waals surface area contributed by atoms with Crippen molar-refractivity contribution in [1.82, 2.24) is 14.8 Å². The fraction of sp³-hybridized carbons (Fsp3) is 0.185. The highest BCUT2D eigenvalue weighted by Gasteiger charge is 2.42. The van der Waals surface area contributed by atoms with Gasteiger partial charge in [-0.15, -0.1) is 0 Å². The van der Waals surface area contributed by atoms with Crippen molar-refractivity contribution in [2.45, 2.75) is 26.4 Å². The Morgan fingerprint density at radius 3 is 2.44 bits per heavy atom. The average Bonchev–Trinajstić information content (AvgIpc) is 3.09. The molecule has 7 heteroatoms. The van der Waals surface area contributed by atoms with Gasteiger partial charge < -0.3 is 10.2 Å². The third kappa shape index (κ3) is 4.08.